The van der Waals surface area contributed by atoms with Crippen LogP contribution in [0.25, 0.3) is 33.6 Å². The summed E-state index contributed by atoms with van der Waals surface area (Å²) in [7, 11) is 0. The van der Waals surface area contributed by atoms with E-state index in [-0.39, 0.29) is 24.3 Å². The molecule has 10 nitrogen and oxygen atoms in total. The van der Waals surface area contributed by atoms with E-state index in [1.807, 2.05) is 53.7 Å². The molecule has 0 bridgehead atoms. The van der Waals surface area contributed by atoms with Crippen molar-refractivity contribution in [1.29, 1.82) is 0 Å². The van der Waals surface area contributed by atoms with E-state index in [9.17, 15) is 9.59 Å². The first kappa shape index (κ1) is 31.4. The van der Waals surface area contributed by atoms with E-state index in [0.717, 1.165) is 70.7 Å². The first-order valence-electron chi connectivity index (χ1n) is 16.2. The van der Waals surface area contributed by atoms with Crippen molar-refractivity contribution >= 4 is 12.2 Å². The summed E-state index contributed by atoms with van der Waals surface area (Å²) in [4.78, 5) is 29.1. The van der Waals surface area contributed by atoms with Crippen LogP contribution in [0.15, 0.2) is 60.7 Å². The van der Waals surface area contributed by atoms with Crippen LogP contribution in [-0.4, -0.2) is 66.7 Å². The number of hydrogen-bond donors (Lipinski definition) is 2. The van der Waals surface area contributed by atoms with Gasteiger partial charge in [-0.2, -0.15) is 10.2 Å². The van der Waals surface area contributed by atoms with Crippen molar-refractivity contribution in [3.63, 3.8) is 0 Å². The largest absolute Gasteiger partial charge is 0.444 e. The molecule has 0 radical (unpaired) electrons. The van der Waals surface area contributed by atoms with Crippen LogP contribution in [0, 0.1) is 0 Å². The van der Waals surface area contributed by atoms with Gasteiger partial charge in [-0.15, -0.1) is 0 Å². The fourth-order valence-electron chi connectivity index (χ4n) is 6.24. The molecule has 4 aromatic rings. The molecule has 2 aromatic heterocycles. The van der Waals surface area contributed by atoms with Crippen molar-refractivity contribution in [1.82, 2.24) is 30.2 Å². The third-order valence-corrected chi connectivity index (χ3v) is 8.37. The highest BCUT2D eigenvalue weighted by Crippen LogP contribution is 2.36. The number of amides is 2. The maximum absolute atomic E-state index is 12.8. The Morgan fingerprint density at radius 1 is 0.630 bits per heavy atom. The third kappa shape index (κ3) is 6.95. The lowest BCUT2D eigenvalue weighted by Crippen LogP contribution is -2.36. The van der Waals surface area contributed by atoms with Crippen molar-refractivity contribution in [2.75, 3.05) is 13.1 Å². The lowest BCUT2D eigenvalue weighted by Gasteiger charge is -2.28. The van der Waals surface area contributed by atoms with E-state index in [4.69, 9.17) is 9.47 Å². The summed E-state index contributed by atoms with van der Waals surface area (Å²) in [6, 6.07) is 20.6. The van der Waals surface area contributed by atoms with Crippen molar-refractivity contribution in [2.24, 2.45) is 0 Å². The maximum Gasteiger partial charge on any atom is 0.410 e. The van der Waals surface area contributed by atoms with Gasteiger partial charge in [-0.1, -0.05) is 48.5 Å². The Kier molecular flexibility index (Phi) is 8.39. The SMILES string of the molecule is CC(C)(C)OC(=O)N1CCCC1c1cc(-c2ccc(-c3ccc(-c4cc(C5CCCN5C(=O)OC(C)(C)C)[nH]n4)cc3)cc2)n[nH]1. The zero-order valence-electron chi connectivity index (χ0n) is 27.6. The highest BCUT2D eigenvalue weighted by molar-refractivity contribution is 5.73. The normalized spacial score (nSPS) is 18.7. The second kappa shape index (κ2) is 12.3. The first-order valence-corrected chi connectivity index (χ1v) is 16.2. The minimum Gasteiger partial charge on any atom is -0.444 e. The van der Waals surface area contributed by atoms with Gasteiger partial charge in [0.15, 0.2) is 0 Å². The fraction of sp³-hybridized carbons (Fsp3) is 0.444. The summed E-state index contributed by atoms with van der Waals surface area (Å²) in [6.07, 6.45) is 3.04. The van der Waals surface area contributed by atoms with Crippen LogP contribution in [-0.2, 0) is 9.47 Å². The average molecular weight is 625 g/mol. The predicted molar refractivity (Wildman–Crippen MR) is 177 cm³/mol. The number of H-pyrrole nitrogens is 2. The molecule has 2 aliphatic heterocycles. The molecule has 2 atom stereocenters. The number of ether oxygens (including phenoxy) is 2. The van der Waals surface area contributed by atoms with E-state index in [1.54, 1.807) is 9.80 Å². The highest BCUT2D eigenvalue weighted by Gasteiger charge is 2.35. The molecule has 2 saturated heterocycles. The van der Waals surface area contributed by atoms with Gasteiger partial charge in [0.2, 0.25) is 0 Å². The smallest absolute Gasteiger partial charge is 0.410 e. The van der Waals surface area contributed by atoms with Crippen LogP contribution in [0.1, 0.15) is 90.7 Å². The average Bonchev–Trinajstić information content (AvgIpc) is 3.82. The molecule has 4 heterocycles. The lowest BCUT2D eigenvalue weighted by atomic mass is 10.0. The van der Waals surface area contributed by atoms with Gasteiger partial charge in [-0.05, 0) is 90.5 Å². The summed E-state index contributed by atoms with van der Waals surface area (Å²) < 4.78 is 11.3. The van der Waals surface area contributed by atoms with Crippen LogP contribution in [0.4, 0.5) is 9.59 Å². The molecule has 2 unspecified atom stereocenters. The Bertz CT molecular complexity index is 1550. The van der Waals surface area contributed by atoms with Crippen molar-refractivity contribution in [2.45, 2.75) is 90.5 Å². The molecule has 6 rings (SSSR count). The zero-order valence-corrected chi connectivity index (χ0v) is 27.6. The molecule has 2 fully saturated rings. The van der Waals surface area contributed by atoms with Crippen LogP contribution < -0.4 is 0 Å². The van der Waals surface area contributed by atoms with Gasteiger partial charge >= 0.3 is 12.2 Å². The molecule has 242 valence electrons. The highest BCUT2D eigenvalue weighted by atomic mass is 16.6. The Morgan fingerprint density at radius 3 is 1.33 bits per heavy atom. The van der Waals surface area contributed by atoms with Gasteiger partial charge < -0.3 is 9.47 Å². The number of aromatic amines is 2. The topological polar surface area (TPSA) is 116 Å². The van der Waals surface area contributed by atoms with Crippen LogP contribution in [0.3, 0.4) is 0 Å². The Hall–Kier alpha value is -4.60. The fourth-order valence-corrected chi connectivity index (χ4v) is 6.24. The molecule has 46 heavy (non-hydrogen) atoms. The summed E-state index contributed by atoms with van der Waals surface area (Å²) in [6.45, 7) is 12.7. The molecule has 2 amide bonds. The van der Waals surface area contributed by atoms with Crippen LogP contribution >= 0.6 is 0 Å². The summed E-state index contributed by atoms with van der Waals surface area (Å²) in [5.74, 6) is 0. The summed E-state index contributed by atoms with van der Waals surface area (Å²) >= 11 is 0. The molecule has 0 aliphatic carbocycles. The number of likely N-dealkylation sites (tertiary alicyclic amines) is 2. The van der Waals surface area contributed by atoms with Gasteiger partial charge in [0.1, 0.15) is 11.2 Å². The van der Waals surface area contributed by atoms with Crippen molar-refractivity contribution in [3.05, 3.63) is 72.1 Å². The van der Waals surface area contributed by atoms with Gasteiger partial charge in [-0.3, -0.25) is 20.0 Å². The molecular weight excluding hydrogens is 580 g/mol. The number of nitrogens with zero attached hydrogens (tertiary/aromatic N) is 4. The van der Waals surface area contributed by atoms with Crippen molar-refractivity contribution in [3.8, 4) is 33.6 Å². The molecule has 2 aliphatic rings. The molecule has 0 saturated carbocycles. The number of aromatic nitrogens is 4. The summed E-state index contributed by atoms with van der Waals surface area (Å²) in [5, 5.41) is 15.5. The summed E-state index contributed by atoms with van der Waals surface area (Å²) in [5.41, 5.74) is 6.66. The zero-order chi connectivity index (χ0) is 32.6. The van der Waals surface area contributed by atoms with E-state index >= 15 is 0 Å². The molecule has 10 heteroatoms. The number of rotatable bonds is 5. The van der Waals surface area contributed by atoms with E-state index < -0.39 is 11.2 Å². The number of benzene rings is 2. The number of carbonyl (C=O) groups excluding carboxylic acids is 2. The van der Waals surface area contributed by atoms with Gasteiger partial charge in [0.25, 0.3) is 0 Å². The monoisotopic (exact) mass is 624 g/mol. The minimum atomic E-state index is -0.532. The standard InChI is InChI=1S/C36H44N6O4/c1-35(2,3)45-33(43)41-19-7-9-31(41)29-21-27(37-39-29)25-15-11-23(12-16-25)24-13-17-26(18-14-24)28-22-30(40-38-28)32-10-8-20-42(32)34(44)46-36(4,5)6/h11-18,21-22,31-32H,7-10,19-20H2,1-6H3,(H,37,39)(H,38,40). The lowest BCUT2D eigenvalue weighted by molar-refractivity contribution is 0.0211. The van der Waals surface area contributed by atoms with Crippen molar-refractivity contribution < 1.29 is 19.1 Å². The molecule has 0 spiro atoms. The van der Waals surface area contributed by atoms with Gasteiger partial charge in [0, 0.05) is 24.2 Å². The second-order valence-electron chi connectivity index (χ2n) is 14.2. The molecule has 2 N–H and O–H groups in total. The Morgan fingerprint density at radius 2 is 0.978 bits per heavy atom. The Balaban J connectivity index is 1.11. The molecular formula is C36H44N6O4. The van der Waals surface area contributed by atoms with E-state index in [2.05, 4.69) is 68.9 Å². The van der Waals surface area contributed by atoms with Gasteiger partial charge in [-0.25, -0.2) is 9.59 Å². The number of hydrogen-bond acceptors (Lipinski definition) is 6. The predicted octanol–water partition coefficient (Wildman–Crippen LogP) is 8.28. The first-order chi connectivity index (χ1) is 21.8. The number of carbonyl (C=O) groups is 2. The van der Waals surface area contributed by atoms with E-state index in [1.165, 1.54) is 0 Å². The van der Waals surface area contributed by atoms with Crippen LogP contribution in [0.2, 0.25) is 0 Å². The minimum absolute atomic E-state index is 0.0680. The van der Waals surface area contributed by atoms with Gasteiger partial charge in [0.05, 0.1) is 34.9 Å². The number of nitrogens with one attached hydrogen (secondary N) is 2. The molecule has 2 aromatic carbocycles. The quantitative estimate of drug-likeness (QED) is 0.231. The Labute approximate surface area is 270 Å². The third-order valence-electron chi connectivity index (χ3n) is 8.37. The van der Waals surface area contributed by atoms with Crippen LogP contribution in [0.5, 0.6) is 0 Å². The maximum atomic E-state index is 12.8. The van der Waals surface area contributed by atoms with E-state index in [0.29, 0.717) is 13.1 Å². The second-order valence-corrected chi connectivity index (χ2v) is 14.2.